The number of hydrogen-bond acceptors (Lipinski definition) is 2. The molecule has 3 heteroatoms. The van der Waals surface area contributed by atoms with Gasteiger partial charge in [-0.3, -0.25) is 0 Å². The molecule has 1 atom stereocenters. The molecule has 0 saturated carbocycles. The molecule has 1 fully saturated rings. The molecule has 1 aliphatic rings. The summed E-state index contributed by atoms with van der Waals surface area (Å²) in [5.74, 6) is 0. The van der Waals surface area contributed by atoms with Gasteiger partial charge in [0.1, 0.15) is 0 Å². The van der Waals surface area contributed by atoms with Crippen molar-refractivity contribution in [1.82, 2.24) is 10.2 Å². The summed E-state index contributed by atoms with van der Waals surface area (Å²) in [6.45, 7) is 8.28. The topological polar surface area (TPSA) is 15.3 Å². The average Bonchev–Trinajstić information content (AvgIpc) is 2.41. The summed E-state index contributed by atoms with van der Waals surface area (Å²) >= 11 is 3.55. The lowest BCUT2D eigenvalue weighted by molar-refractivity contribution is 0.192. The Morgan fingerprint density at radius 2 is 2.11 bits per heavy atom. The van der Waals surface area contributed by atoms with Crippen molar-refractivity contribution in [3.63, 3.8) is 0 Å². The number of rotatable bonds is 5. The first-order valence-electron chi connectivity index (χ1n) is 7.43. The van der Waals surface area contributed by atoms with Crippen LogP contribution in [0.3, 0.4) is 0 Å². The van der Waals surface area contributed by atoms with Crippen LogP contribution in [0.4, 0.5) is 0 Å². The lowest BCUT2D eigenvalue weighted by Gasteiger charge is -2.33. The maximum Gasteiger partial charge on any atom is 0.0294 e. The zero-order valence-corrected chi connectivity index (χ0v) is 13.6. The molecule has 0 radical (unpaired) electrons. The monoisotopic (exact) mass is 324 g/mol. The molecule has 2 rings (SSSR count). The quantitative estimate of drug-likeness (QED) is 0.881. The maximum absolute atomic E-state index is 3.78. The van der Waals surface area contributed by atoms with Crippen LogP contribution in [-0.2, 0) is 0 Å². The van der Waals surface area contributed by atoms with Crippen LogP contribution in [0.15, 0.2) is 28.7 Å². The second-order valence-corrected chi connectivity index (χ2v) is 6.47. The van der Waals surface area contributed by atoms with E-state index in [2.05, 4.69) is 64.3 Å². The molecule has 0 aromatic heterocycles. The third-order valence-electron chi connectivity index (χ3n) is 3.96. The molecule has 1 aromatic carbocycles. The molecule has 1 aromatic rings. The van der Waals surface area contributed by atoms with E-state index in [-0.39, 0.29) is 0 Å². The van der Waals surface area contributed by atoms with E-state index in [4.69, 9.17) is 0 Å². The Balaban J connectivity index is 1.82. The lowest BCUT2D eigenvalue weighted by Crippen LogP contribution is -2.43. The third kappa shape index (κ3) is 4.59. The molecule has 0 amide bonds. The van der Waals surface area contributed by atoms with Gasteiger partial charge in [0.05, 0.1) is 0 Å². The summed E-state index contributed by atoms with van der Waals surface area (Å²) in [4.78, 5) is 2.59. The number of hydrogen-bond donors (Lipinski definition) is 1. The van der Waals surface area contributed by atoms with Gasteiger partial charge in [-0.1, -0.05) is 35.0 Å². The van der Waals surface area contributed by atoms with Crippen LogP contribution < -0.4 is 5.32 Å². The van der Waals surface area contributed by atoms with Crippen molar-refractivity contribution < 1.29 is 0 Å². The zero-order chi connectivity index (χ0) is 13.7. The van der Waals surface area contributed by atoms with Gasteiger partial charge in [0.25, 0.3) is 0 Å². The summed E-state index contributed by atoms with van der Waals surface area (Å²) in [7, 11) is 0. The Morgan fingerprint density at radius 1 is 1.37 bits per heavy atom. The molecule has 0 unspecified atom stereocenters. The molecule has 0 aliphatic carbocycles. The SMILES string of the molecule is CCCN1CCC(N[C@@H](C)c2cccc(Br)c2)CC1. The fraction of sp³-hybridized carbons (Fsp3) is 0.625. The first-order valence-corrected chi connectivity index (χ1v) is 8.22. The van der Waals surface area contributed by atoms with Crippen molar-refractivity contribution >= 4 is 15.9 Å². The Labute approximate surface area is 125 Å². The summed E-state index contributed by atoms with van der Waals surface area (Å²) < 4.78 is 1.16. The minimum absolute atomic E-state index is 0.431. The van der Waals surface area contributed by atoms with Gasteiger partial charge in [-0.15, -0.1) is 0 Å². The number of nitrogens with zero attached hydrogens (tertiary/aromatic N) is 1. The normalized spacial score (nSPS) is 19.5. The van der Waals surface area contributed by atoms with Gasteiger partial charge in [-0.05, 0) is 63.5 Å². The fourth-order valence-corrected chi connectivity index (χ4v) is 3.28. The van der Waals surface area contributed by atoms with Gasteiger partial charge in [0, 0.05) is 16.6 Å². The summed E-state index contributed by atoms with van der Waals surface area (Å²) in [5, 5.41) is 3.78. The molecule has 1 saturated heterocycles. The van der Waals surface area contributed by atoms with Crippen LogP contribution in [0.5, 0.6) is 0 Å². The second kappa shape index (κ2) is 7.41. The Hall–Kier alpha value is -0.380. The highest BCUT2D eigenvalue weighted by Crippen LogP contribution is 2.20. The molecule has 1 aliphatic heterocycles. The van der Waals surface area contributed by atoms with Crippen molar-refractivity contribution in [3.8, 4) is 0 Å². The van der Waals surface area contributed by atoms with Gasteiger partial charge < -0.3 is 10.2 Å². The highest BCUT2D eigenvalue weighted by atomic mass is 79.9. The van der Waals surface area contributed by atoms with E-state index in [0.29, 0.717) is 12.1 Å². The molecular formula is C16H25BrN2. The van der Waals surface area contributed by atoms with E-state index in [0.717, 1.165) is 4.47 Å². The van der Waals surface area contributed by atoms with E-state index in [1.54, 1.807) is 0 Å². The number of benzene rings is 1. The first-order chi connectivity index (χ1) is 9.19. The van der Waals surface area contributed by atoms with Gasteiger partial charge in [-0.2, -0.15) is 0 Å². The molecule has 1 N–H and O–H groups in total. The van der Waals surface area contributed by atoms with Crippen LogP contribution in [0.2, 0.25) is 0 Å². The van der Waals surface area contributed by atoms with Crippen molar-refractivity contribution in [2.75, 3.05) is 19.6 Å². The van der Waals surface area contributed by atoms with Crippen molar-refractivity contribution in [2.24, 2.45) is 0 Å². The summed E-state index contributed by atoms with van der Waals surface area (Å²) in [6, 6.07) is 9.71. The van der Waals surface area contributed by atoms with Gasteiger partial charge in [-0.25, -0.2) is 0 Å². The Bertz CT molecular complexity index is 386. The van der Waals surface area contributed by atoms with E-state index in [9.17, 15) is 0 Å². The van der Waals surface area contributed by atoms with Gasteiger partial charge >= 0.3 is 0 Å². The zero-order valence-electron chi connectivity index (χ0n) is 12.0. The standard InChI is InChI=1S/C16H25BrN2/c1-3-9-19-10-7-16(8-11-19)18-13(2)14-5-4-6-15(17)12-14/h4-6,12-13,16,18H,3,7-11H2,1-2H3/t13-/m0/s1. The average molecular weight is 325 g/mol. The predicted molar refractivity (Wildman–Crippen MR) is 85.4 cm³/mol. The molecule has 2 nitrogen and oxygen atoms in total. The molecule has 1 heterocycles. The van der Waals surface area contributed by atoms with Crippen LogP contribution in [0, 0.1) is 0 Å². The molecule has 0 spiro atoms. The molecule has 19 heavy (non-hydrogen) atoms. The Kier molecular flexibility index (Phi) is 5.86. The predicted octanol–water partition coefficient (Wildman–Crippen LogP) is 3.97. The first kappa shape index (κ1) is 15.0. The lowest BCUT2D eigenvalue weighted by atomic mass is 10.0. The molecule has 0 bridgehead atoms. The number of halogens is 1. The summed E-state index contributed by atoms with van der Waals surface area (Å²) in [6.07, 6.45) is 3.82. The third-order valence-corrected chi connectivity index (χ3v) is 4.46. The smallest absolute Gasteiger partial charge is 0.0294 e. The van der Waals surface area contributed by atoms with Crippen LogP contribution in [-0.4, -0.2) is 30.6 Å². The number of nitrogens with one attached hydrogen (secondary N) is 1. The van der Waals surface area contributed by atoms with E-state index >= 15 is 0 Å². The summed E-state index contributed by atoms with van der Waals surface area (Å²) in [5.41, 5.74) is 1.37. The van der Waals surface area contributed by atoms with Crippen molar-refractivity contribution in [2.45, 2.75) is 45.2 Å². The molecular weight excluding hydrogens is 300 g/mol. The minimum atomic E-state index is 0.431. The minimum Gasteiger partial charge on any atom is -0.307 e. The van der Waals surface area contributed by atoms with Crippen molar-refractivity contribution in [3.05, 3.63) is 34.3 Å². The van der Waals surface area contributed by atoms with Crippen molar-refractivity contribution in [1.29, 1.82) is 0 Å². The highest BCUT2D eigenvalue weighted by Gasteiger charge is 2.20. The maximum atomic E-state index is 3.78. The fourth-order valence-electron chi connectivity index (χ4n) is 2.87. The number of likely N-dealkylation sites (tertiary alicyclic amines) is 1. The van der Waals surface area contributed by atoms with Crippen LogP contribution >= 0.6 is 15.9 Å². The largest absolute Gasteiger partial charge is 0.307 e. The van der Waals surface area contributed by atoms with E-state index in [1.807, 2.05) is 0 Å². The van der Waals surface area contributed by atoms with Crippen LogP contribution in [0.1, 0.15) is 44.7 Å². The van der Waals surface area contributed by atoms with Gasteiger partial charge in [0.2, 0.25) is 0 Å². The highest BCUT2D eigenvalue weighted by molar-refractivity contribution is 9.10. The van der Waals surface area contributed by atoms with Crippen LogP contribution in [0.25, 0.3) is 0 Å². The Morgan fingerprint density at radius 3 is 2.74 bits per heavy atom. The van der Waals surface area contributed by atoms with E-state index < -0.39 is 0 Å². The van der Waals surface area contributed by atoms with E-state index in [1.165, 1.54) is 44.5 Å². The van der Waals surface area contributed by atoms with Gasteiger partial charge in [0.15, 0.2) is 0 Å². The number of piperidine rings is 1. The second-order valence-electron chi connectivity index (χ2n) is 5.56. The molecule has 106 valence electrons.